The summed E-state index contributed by atoms with van der Waals surface area (Å²) in [5.41, 5.74) is 8.44. The van der Waals surface area contributed by atoms with E-state index in [1.54, 1.807) is 0 Å². The van der Waals surface area contributed by atoms with Crippen molar-refractivity contribution >= 4 is 5.97 Å². The number of fused-ring (bicyclic) bond motifs is 1. The van der Waals surface area contributed by atoms with E-state index in [9.17, 15) is 4.79 Å². The molecular weight excluding hydrogens is 230 g/mol. The van der Waals surface area contributed by atoms with E-state index in [4.69, 9.17) is 15.2 Å². The van der Waals surface area contributed by atoms with Gasteiger partial charge in [-0.15, -0.1) is 0 Å². The fourth-order valence-corrected chi connectivity index (χ4v) is 2.51. The lowest BCUT2D eigenvalue weighted by molar-refractivity contribution is -0.141. The first-order chi connectivity index (χ1) is 8.65. The zero-order valence-corrected chi connectivity index (χ0v) is 10.8. The van der Waals surface area contributed by atoms with Crippen molar-refractivity contribution in [2.75, 3.05) is 13.7 Å². The molecule has 1 aliphatic carbocycles. The molecule has 2 rings (SSSR count). The Kier molecular flexibility index (Phi) is 3.87. The highest BCUT2D eigenvalue weighted by atomic mass is 16.5. The zero-order chi connectivity index (χ0) is 13.1. The van der Waals surface area contributed by atoms with Gasteiger partial charge >= 0.3 is 5.97 Å². The summed E-state index contributed by atoms with van der Waals surface area (Å²) in [5.74, 6) is 0.651. The predicted molar refractivity (Wildman–Crippen MR) is 68.7 cm³/mol. The van der Waals surface area contributed by atoms with Gasteiger partial charge in [0.25, 0.3) is 0 Å². The fraction of sp³-hybridized carbons (Fsp3) is 0.500. The Morgan fingerprint density at radius 3 is 2.94 bits per heavy atom. The molecule has 0 saturated heterocycles. The Labute approximate surface area is 107 Å². The molecule has 0 fully saturated rings. The first-order valence-corrected chi connectivity index (χ1v) is 6.23. The molecule has 4 nitrogen and oxygen atoms in total. The van der Waals surface area contributed by atoms with Gasteiger partial charge in [-0.1, -0.05) is 6.07 Å². The molecule has 0 heterocycles. The molecule has 0 bridgehead atoms. The van der Waals surface area contributed by atoms with Crippen molar-refractivity contribution in [3.63, 3.8) is 0 Å². The van der Waals surface area contributed by atoms with E-state index >= 15 is 0 Å². The number of methoxy groups -OCH3 is 1. The highest BCUT2D eigenvalue weighted by Crippen LogP contribution is 2.37. The maximum absolute atomic E-state index is 11.4. The van der Waals surface area contributed by atoms with E-state index in [0.29, 0.717) is 13.0 Å². The van der Waals surface area contributed by atoms with Gasteiger partial charge in [-0.3, -0.25) is 4.79 Å². The Morgan fingerprint density at radius 1 is 1.50 bits per heavy atom. The molecule has 0 amide bonds. The molecule has 0 aromatic heterocycles. The van der Waals surface area contributed by atoms with Crippen molar-refractivity contribution in [2.24, 2.45) is 5.73 Å². The molecule has 2 unspecified atom stereocenters. The lowest BCUT2D eigenvalue weighted by atomic mass is 9.95. The minimum atomic E-state index is -0.217. The van der Waals surface area contributed by atoms with Crippen LogP contribution in [0.4, 0.5) is 0 Å². The zero-order valence-electron chi connectivity index (χ0n) is 10.8. The molecule has 4 heteroatoms. The lowest BCUT2D eigenvalue weighted by Crippen LogP contribution is -2.27. The third-order valence-electron chi connectivity index (χ3n) is 3.41. The molecule has 1 aliphatic rings. The SMILES string of the molecule is CCOc1ccc2c(c1)C(CC(=O)OC)C(N)C2. The predicted octanol–water partition coefficient (Wildman–Crippen LogP) is 1.62. The van der Waals surface area contributed by atoms with Crippen molar-refractivity contribution in [1.82, 2.24) is 0 Å². The molecule has 0 saturated carbocycles. The largest absolute Gasteiger partial charge is 0.494 e. The van der Waals surface area contributed by atoms with Gasteiger partial charge in [-0.2, -0.15) is 0 Å². The summed E-state index contributed by atoms with van der Waals surface area (Å²) < 4.78 is 10.2. The van der Waals surface area contributed by atoms with Crippen LogP contribution >= 0.6 is 0 Å². The number of rotatable bonds is 4. The van der Waals surface area contributed by atoms with Crippen LogP contribution in [0.25, 0.3) is 0 Å². The molecule has 98 valence electrons. The quantitative estimate of drug-likeness (QED) is 0.824. The van der Waals surface area contributed by atoms with Crippen LogP contribution in [0.15, 0.2) is 18.2 Å². The average Bonchev–Trinajstić information content (AvgIpc) is 2.66. The number of nitrogens with two attached hydrogens (primary N) is 1. The number of carbonyl (C=O) groups is 1. The summed E-state index contributed by atoms with van der Waals surface area (Å²) in [6.45, 7) is 2.58. The second-order valence-corrected chi connectivity index (χ2v) is 4.55. The third kappa shape index (κ3) is 2.48. The number of ether oxygens (including phenoxy) is 2. The van der Waals surface area contributed by atoms with Gasteiger partial charge in [0.2, 0.25) is 0 Å². The van der Waals surface area contributed by atoms with Gasteiger partial charge in [0, 0.05) is 12.0 Å². The molecule has 2 N–H and O–H groups in total. The summed E-state index contributed by atoms with van der Waals surface area (Å²) in [4.78, 5) is 11.4. The minimum absolute atomic E-state index is 0.0176. The molecule has 0 spiro atoms. The van der Waals surface area contributed by atoms with Gasteiger partial charge in [-0.25, -0.2) is 0 Å². The molecule has 0 aliphatic heterocycles. The van der Waals surface area contributed by atoms with Crippen molar-refractivity contribution in [1.29, 1.82) is 0 Å². The Bertz CT molecular complexity index is 445. The number of hydrogen-bond acceptors (Lipinski definition) is 4. The first-order valence-electron chi connectivity index (χ1n) is 6.23. The number of esters is 1. The van der Waals surface area contributed by atoms with Crippen LogP contribution in [-0.2, 0) is 16.0 Å². The van der Waals surface area contributed by atoms with Crippen LogP contribution in [0, 0.1) is 0 Å². The van der Waals surface area contributed by atoms with Gasteiger partial charge in [0.05, 0.1) is 20.1 Å². The fourth-order valence-electron chi connectivity index (χ4n) is 2.51. The van der Waals surface area contributed by atoms with Gasteiger partial charge in [0.1, 0.15) is 5.75 Å². The third-order valence-corrected chi connectivity index (χ3v) is 3.41. The van der Waals surface area contributed by atoms with E-state index in [1.807, 2.05) is 25.1 Å². The second kappa shape index (κ2) is 5.40. The summed E-state index contributed by atoms with van der Waals surface area (Å²) in [6, 6.07) is 5.97. The van der Waals surface area contributed by atoms with E-state index < -0.39 is 0 Å². The van der Waals surface area contributed by atoms with Gasteiger partial charge in [0.15, 0.2) is 0 Å². The summed E-state index contributed by atoms with van der Waals surface area (Å²) in [6.07, 6.45) is 1.14. The molecule has 2 atom stereocenters. The Balaban J connectivity index is 2.24. The van der Waals surface area contributed by atoms with E-state index in [0.717, 1.165) is 17.7 Å². The molecule has 1 aromatic carbocycles. The van der Waals surface area contributed by atoms with E-state index in [-0.39, 0.29) is 17.9 Å². The first kappa shape index (κ1) is 12.9. The summed E-state index contributed by atoms with van der Waals surface area (Å²) in [5, 5.41) is 0. The lowest BCUT2D eigenvalue weighted by Gasteiger charge is -2.15. The van der Waals surface area contributed by atoms with Crippen LogP contribution in [0.3, 0.4) is 0 Å². The van der Waals surface area contributed by atoms with Crippen molar-refractivity contribution in [3.05, 3.63) is 29.3 Å². The second-order valence-electron chi connectivity index (χ2n) is 4.55. The Morgan fingerprint density at radius 2 is 2.28 bits per heavy atom. The number of hydrogen-bond donors (Lipinski definition) is 1. The monoisotopic (exact) mass is 249 g/mol. The van der Waals surface area contributed by atoms with Crippen LogP contribution in [0.1, 0.15) is 30.4 Å². The highest BCUT2D eigenvalue weighted by molar-refractivity contribution is 5.71. The molecule has 18 heavy (non-hydrogen) atoms. The van der Waals surface area contributed by atoms with Crippen LogP contribution in [0.5, 0.6) is 5.75 Å². The number of carbonyl (C=O) groups excluding carboxylic acids is 1. The molecular formula is C14H19NO3. The number of benzene rings is 1. The van der Waals surface area contributed by atoms with Gasteiger partial charge < -0.3 is 15.2 Å². The van der Waals surface area contributed by atoms with E-state index in [2.05, 4.69) is 0 Å². The van der Waals surface area contributed by atoms with E-state index in [1.165, 1.54) is 12.7 Å². The van der Waals surface area contributed by atoms with Crippen molar-refractivity contribution in [3.8, 4) is 5.75 Å². The van der Waals surface area contributed by atoms with Crippen LogP contribution < -0.4 is 10.5 Å². The maximum atomic E-state index is 11.4. The van der Waals surface area contributed by atoms with Crippen LogP contribution in [0.2, 0.25) is 0 Å². The highest BCUT2D eigenvalue weighted by Gasteiger charge is 2.32. The maximum Gasteiger partial charge on any atom is 0.306 e. The molecule has 0 radical (unpaired) electrons. The van der Waals surface area contributed by atoms with Crippen molar-refractivity contribution < 1.29 is 14.3 Å². The van der Waals surface area contributed by atoms with Gasteiger partial charge in [-0.05, 0) is 36.6 Å². The molecule has 1 aromatic rings. The van der Waals surface area contributed by atoms with Crippen LogP contribution in [-0.4, -0.2) is 25.7 Å². The normalized spacial score (nSPS) is 21.5. The standard InChI is InChI=1S/C14H19NO3/c1-3-18-10-5-4-9-6-13(15)12(11(9)7-10)8-14(16)17-2/h4-5,7,12-13H,3,6,8,15H2,1-2H3. The Hall–Kier alpha value is -1.55. The van der Waals surface area contributed by atoms with Crippen molar-refractivity contribution in [2.45, 2.75) is 31.7 Å². The summed E-state index contributed by atoms with van der Waals surface area (Å²) in [7, 11) is 1.40. The topological polar surface area (TPSA) is 61.5 Å². The summed E-state index contributed by atoms with van der Waals surface area (Å²) >= 11 is 0. The minimum Gasteiger partial charge on any atom is -0.494 e. The smallest absolute Gasteiger partial charge is 0.306 e. The average molecular weight is 249 g/mol.